The van der Waals surface area contributed by atoms with Crippen molar-refractivity contribution >= 4 is 27.3 Å². The van der Waals surface area contributed by atoms with Crippen LogP contribution in [0.4, 0.5) is 13.2 Å². The Morgan fingerprint density at radius 3 is 2.30 bits per heavy atom. The Hall–Kier alpha value is -1.05. The Morgan fingerprint density at radius 1 is 1.25 bits per heavy atom. The van der Waals surface area contributed by atoms with Gasteiger partial charge < -0.3 is 9.84 Å². The van der Waals surface area contributed by atoms with E-state index >= 15 is 0 Å². The largest absolute Gasteiger partial charge is 0.573 e. The molecular formula is C13H10BrF3O2S. The van der Waals surface area contributed by atoms with E-state index in [2.05, 4.69) is 20.7 Å². The molecule has 0 aliphatic carbocycles. The van der Waals surface area contributed by atoms with Gasteiger partial charge in [-0.05, 0) is 52.2 Å². The summed E-state index contributed by atoms with van der Waals surface area (Å²) < 4.78 is 40.8. The van der Waals surface area contributed by atoms with E-state index in [1.165, 1.54) is 35.6 Å². The molecule has 2 rings (SSSR count). The maximum absolute atomic E-state index is 12.0. The van der Waals surface area contributed by atoms with E-state index in [4.69, 9.17) is 0 Å². The zero-order chi connectivity index (χ0) is 14.9. The van der Waals surface area contributed by atoms with Gasteiger partial charge in [-0.1, -0.05) is 12.1 Å². The van der Waals surface area contributed by atoms with Crippen LogP contribution in [0.5, 0.6) is 5.75 Å². The minimum absolute atomic E-state index is 0.308. The van der Waals surface area contributed by atoms with Crippen LogP contribution in [-0.4, -0.2) is 11.5 Å². The first-order chi connectivity index (χ1) is 9.26. The van der Waals surface area contributed by atoms with Gasteiger partial charge in [-0.25, -0.2) is 0 Å². The van der Waals surface area contributed by atoms with Crippen LogP contribution < -0.4 is 4.74 Å². The number of ether oxygens (including phenoxy) is 1. The van der Waals surface area contributed by atoms with E-state index in [1.807, 2.05) is 13.0 Å². The van der Waals surface area contributed by atoms with Gasteiger partial charge in [0.25, 0.3) is 0 Å². The number of hydrogen-bond donors (Lipinski definition) is 1. The maximum atomic E-state index is 12.0. The van der Waals surface area contributed by atoms with Crippen molar-refractivity contribution in [3.63, 3.8) is 0 Å². The lowest BCUT2D eigenvalue weighted by molar-refractivity contribution is -0.274. The lowest BCUT2D eigenvalue weighted by Gasteiger charge is -2.11. The van der Waals surface area contributed by atoms with E-state index in [1.54, 1.807) is 0 Å². The van der Waals surface area contributed by atoms with Crippen LogP contribution in [0.2, 0.25) is 0 Å². The van der Waals surface area contributed by atoms with Crippen LogP contribution >= 0.6 is 27.3 Å². The first-order valence-corrected chi connectivity index (χ1v) is 7.17. The van der Waals surface area contributed by atoms with Crippen molar-refractivity contribution in [2.75, 3.05) is 0 Å². The molecule has 0 radical (unpaired) electrons. The summed E-state index contributed by atoms with van der Waals surface area (Å²) in [6.07, 6.45) is -5.58. The van der Waals surface area contributed by atoms with Crippen molar-refractivity contribution in [1.29, 1.82) is 0 Å². The zero-order valence-electron chi connectivity index (χ0n) is 10.2. The van der Waals surface area contributed by atoms with E-state index in [0.29, 0.717) is 5.56 Å². The quantitative estimate of drug-likeness (QED) is 0.845. The maximum Gasteiger partial charge on any atom is 0.573 e. The molecule has 0 saturated heterocycles. The summed E-state index contributed by atoms with van der Waals surface area (Å²) in [6.45, 7) is 1.90. The number of thiophene rings is 1. The molecule has 0 aliphatic rings. The fourth-order valence-corrected chi connectivity index (χ4v) is 3.22. The predicted octanol–water partition coefficient (Wildman–Crippen LogP) is 4.80. The van der Waals surface area contributed by atoms with Gasteiger partial charge in [0, 0.05) is 4.88 Å². The van der Waals surface area contributed by atoms with Gasteiger partial charge in [0.1, 0.15) is 11.9 Å². The Balaban J connectivity index is 2.17. The smallest absolute Gasteiger partial charge is 0.406 e. The van der Waals surface area contributed by atoms with Gasteiger partial charge >= 0.3 is 6.36 Å². The fraction of sp³-hybridized carbons (Fsp3) is 0.231. The molecule has 1 unspecified atom stereocenters. The normalized spacial score (nSPS) is 13.3. The van der Waals surface area contributed by atoms with Crippen LogP contribution in [0.1, 0.15) is 22.1 Å². The summed E-state index contributed by atoms with van der Waals surface area (Å²) in [5.74, 6) is -0.308. The second-order valence-electron chi connectivity index (χ2n) is 4.12. The highest BCUT2D eigenvalue weighted by Gasteiger charge is 2.31. The standard InChI is InChI=1S/C13H10BrF3O2S/c1-7-6-10(20-12(7)14)11(18)8-2-4-9(5-3-8)19-13(15,16)17/h2-6,11,18H,1H3. The summed E-state index contributed by atoms with van der Waals surface area (Å²) in [6, 6.07) is 7.02. The van der Waals surface area contributed by atoms with Gasteiger partial charge in [-0.3, -0.25) is 0 Å². The van der Waals surface area contributed by atoms with Gasteiger partial charge in [-0.15, -0.1) is 24.5 Å². The third kappa shape index (κ3) is 3.74. The molecule has 0 aliphatic heterocycles. The molecule has 1 aromatic carbocycles. The molecule has 0 bridgehead atoms. The molecule has 0 fully saturated rings. The predicted molar refractivity (Wildman–Crippen MR) is 73.9 cm³/mol. The molecule has 2 nitrogen and oxygen atoms in total. The number of aryl methyl sites for hydroxylation is 1. The number of aliphatic hydroxyl groups is 1. The molecule has 7 heteroatoms. The second-order valence-corrected chi connectivity index (χ2v) is 6.53. The topological polar surface area (TPSA) is 29.5 Å². The monoisotopic (exact) mass is 366 g/mol. The summed E-state index contributed by atoms with van der Waals surface area (Å²) in [7, 11) is 0. The van der Waals surface area contributed by atoms with Gasteiger partial charge in [0.2, 0.25) is 0 Å². The molecule has 108 valence electrons. The minimum atomic E-state index is -4.71. The lowest BCUT2D eigenvalue weighted by Crippen LogP contribution is -2.17. The molecule has 1 N–H and O–H groups in total. The second kappa shape index (κ2) is 5.75. The number of rotatable bonds is 3. The Kier molecular flexibility index (Phi) is 4.41. The van der Waals surface area contributed by atoms with E-state index in [9.17, 15) is 18.3 Å². The van der Waals surface area contributed by atoms with Gasteiger partial charge in [-0.2, -0.15) is 0 Å². The summed E-state index contributed by atoms with van der Waals surface area (Å²) in [4.78, 5) is 0.721. The van der Waals surface area contributed by atoms with Crippen molar-refractivity contribution in [1.82, 2.24) is 0 Å². The molecule has 2 aromatic rings. The van der Waals surface area contributed by atoms with Crippen molar-refractivity contribution in [3.8, 4) is 5.75 Å². The van der Waals surface area contributed by atoms with Crippen LogP contribution in [0.15, 0.2) is 34.1 Å². The van der Waals surface area contributed by atoms with E-state index in [0.717, 1.165) is 14.2 Å². The summed E-state index contributed by atoms with van der Waals surface area (Å²) >= 11 is 4.75. The molecule has 0 spiro atoms. The highest BCUT2D eigenvalue weighted by Crippen LogP contribution is 2.35. The van der Waals surface area contributed by atoms with Crippen LogP contribution in [0.3, 0.4) is 0 Å². The first-order valence-electron chi connectivity index (χ1n) is 5.56. The van der Waals surface area contributed by atoms with E-state index in [-0.39, 0.29) is 5.75 Å². The highest BCUT2D eigenvalue weighted by molar-refractivity contribution is 9.11. The number of alkyl halides is 3. The van der Waals surface area contributed by atoms with Crippen molar-refractivity contribution in [3.05, 3.63) is 50.1 Å². The van der Waals surface area contributed by atoms with Crippen LogP contribution in [0, 0.1) is 6.92 Å². The number of hydrogen-bond acceptors (Lipinski definition) is 3. The van der Waals surface area contributed by atoms with Crippen LogP contribution in [0.25, 0.3) is 0 Å². The highest BCUT2D eigenvalue weighted by atomic mass is 79.9. The van der Waals surface area contributed by atoms with Crippen LogP contribution in [-0.2, 0) is 0 Å². The average Bonchev–Trinajstić information content (AvgIpc) is 2.68. The summed E-state index contributed by atoms with van der Waals surface area (Å²) in [5.41, 5.74) is 1.51. The molecule has 20 heavy (non-hydrogen) atoms. The van der Waals surface area contributed by atoms with Crippen molar-refractivity contribution in [2.24, 2.45) is 0 Å². The lowest BCUT2D eigenvalue weighted by atomic mass is 10.1. The average molecular weight is 367 g/mol. The molecule has 0 amide bonds. The molecular weight excluding hydrogens is 357 g/mol. The SMILES string of the molecule is Cc1cc(C(O)c2ccc(OC(F)(F)F)cc2)sc1Br. The Morgan fingerprint density at radius 2 is 1.85 bits per heavy atom. The van der Waals surface area contributed by atoms with E-state index < -0.39 is 12.5 Å². The molecule has 1 atom stereocenters. The molecule has 1 aromatic heterocycles. The first kappa shape index (κ1) is 15.3. The summed E-state index contributed by atoms with van der Waals surface area (Å²) in [5, 5.41) is 10.2. The van der Waals surface area contributed by atoms with Crippen molar-refractivity contribution < 1.29 is 23.0 Å². The minimum Gasteiger partial charge on any atom is -0.406 e. The van der Waals surface area contributed by atoms with Gasteiger partial charge in [0.15, 0.2) is 0 Å². The Bertz CT molecular complexity index is 573. The van der Waals surface area contributed by atoms with Gasteiger partial charge in [0.05, 0.1) is 3.79 Å². The third-order valence-electron chi connectivity index (χ3n) is 2.58. The number of halogens is 4. The Labute approximate surface area is 125 Å². The van der Waals surface area contributed by atoms with Crippen molar-refractivity contribution in [2.45, 2.75) is 19.4 Å². The fourth-order valence-electron chi connectivity index (χ4n) is 1.63. The number of benzene rings is 1. The molecule has 1 heterocycles. The molecule has 0 saturated carbocycles. The number of aliphatic hydroxyl groups excluding tert-OH is 1. The zero-order valence-corrected chi connectivity index (χ0v) is 12.6. The third-order valence-corrected chi connectivity index (χ3v) is 4.76.